The summed E-state index contributed by atoms with van der Waals surface area (Å²) in [6, 6.07) is 14.7. The lowest BCUT2D eigenvalue weighted by molar-refractivity contribution is 0.189. The third-order valence-corrected chi connectivity index (χ3v) is 3.19. The number of hydrogen-bond acceptors (Lipinski definition) is 5. The first-order chi connectivity index (χ1) is 11.2. The molecule has 0 aliphatic rings. The van der Waals surface area contributed by atoms with E-state index in [4.69, 9.17) is 14.4 Å². The maximum Gasteiger partial charge on any atom is 0.257 e. The van der Waals surface area contributed by atoms with E-state index in [1.165, 1.54) is 12.1 Å². The third-order valence-electron chi connectivity index (χ3n) is 3.19. The molecule has 0 unspecified atom stereocenters. The summed E-state index contributed by atoms with van der Waals surface area (Å²) in [4.78, 5) is 0. The second-order valence-corrected chi connectivity index (χ2v) is 4.82. The van der Waals surface area contributed by atoms with Crippen molar-refractivity contribution < 1.29 is 13.5 Å². The molecule has 5 nitrogen and oxygen atoms in total. The first-order valence-corrected chi connectivity index (χ1v) is 6.92. The molecule has 0 aliphatic heterocycles. The molecule has 0 radical (unpaired) electrons. The average Bonchev–Trinajstić information content (AvgIpc) is 3.06. The van der Waals surface area contributed by atoms with Gasteiger partial charge < -0.3 is 9.15 Å². The van der Waals surface area contributed by atoms with Crippen LogP contribution in [0.15, 0.2) is 52.9 Å². The van der Waals surface area contributed by atoms with Crippen LogP contribution in [0.4, 0.5) is 4.39 Å². The highest BCUT2D eigenvalue weighted by atomic mass is 19.1. The van der Waals surface area contributed by atoms with E-state index in [2.05, 4.69) is 16.3 Å². The van der Waals surface area contributed by atoms with Gasteiger partial charge >= 0.3 is 0 Å². The minimum absolute atomic E-state index is 0.275. The van der Waals surface area contributed by atoms with Gasteiger partial charge in [-0.1, -0.05) is 12.1 Å². The van der Waals surface area contributed by atoms with Crippen LogP contribution >= 0.6 is 0 Å². The van der Waals surface area contributed by atoms with Gasteiger partial charge in [0.15, 0.2) is 6.10 Å². The van der Waals surface area contributed by atoms with E-state index in [0.717, 1.165) is 0 Å². The molecule has 1 atom stereocenters. The fraction of sp³-hybridized carbons (Fsp3) is 0.118. The van der Waals surface area contributed by atoms with E-state index in [1.807, 2.05) is 0 Å². The van der Waals surface area contributed by atoms with Gasteiger partial charge in [-0.3, -0.25) is 0 Å². The molecule has 0 N–H and O–H groups in total. The molecule has 3 aromatic rings. The minimum Gasteiger partial charge on any atom is -0.480 e. The van der Waals surface area contributed by atoms with Crippen LogP contribution in [0.3, 0.4) is 0 Å². The predicted octanol–water partition coefficient (Wildman–Crippen LogP) is 3.89. The normalized spacial score (nSPS) is 11.7. The Morgan fingerprint density at radius 2 is 1.87 bits per heavy atom. The number of nitrogens with zero attached hydrogens (tertiary/aromatic N) is 3. The monoisotopic (exact) mass is 309 g/mol. The maximum absolute atomic E-state index is 12.9. The molecule has 0 fully saturated rings. The Morgan fingerprint density at radius 3 is 2.61 bits per heavy atom. The number of nitriles is 1. The molecule has 2 aromatic carbocycles. The zero-order chi connectivity index (χ0) is 16.2. The molecule has 0 saturated carbocycles. The van der Waals surface area contributed by atoms with E-state index in [-0.39, 0.29) is 17.6 Å². The average molecular weight is 309 g/mol. The second-order valence-electron chi connectivity index (χ2n) is 4.82. The van der Waals surface area contributed by atoms with Crippen molar-refractivity contribution >= 4 is 0 Å². The van der Waals surface area contributed by atoms with Crippen molar-refractivity contribution in [2.24, 2.45) is 0 Å². The van der Waals surface area contributed by atoms with Crippen LogP contribution in [-0.4, -0.2) is 10.2 Å². The number of benzene rings is 2. The molecule has 114 valence electrons. The number of aromatic nitrogens is 2. The Kier molecular flexibility index (Phi) is 4.02. The molecule has 0 saturated heterocycles. The first-order valence-electron chi connectivity index (χ1n) is 6.92. The number of halogens is 1. The Balaban J connectivity index is 1.80. The summed E-state index contributed by atoms with van der Waals surface area (Å²) < 4.78 is 24.2. The highest BCUT2D eigenvalue weighted by molar-refractivity contribution is 5.52. The zero-order valence-corrected chi connectivity index (χ0v) is 12.2. The van der Waals surface area contributed by atoms with Gasteiger partial charge in [0, 0.05) is 5.56 Å². The maximum atomic E-state index is 12.9. The van der Waals surface area contributed by atoms with Crippen molar-refractivity contribution in [2.45, 2.75) is 13.0 Å². The van der Waals surface area contributed by atoms with E-state index in [0.29, 0.717) is 16.9 Å². The van der Waals surface area contributed by atoms with Crippen LogP contribution in [0.2, 0.25) is 0 Å². The molecule has 0 bridgehead atoms. The van der Waals surface area contributed by atoms with Gasteiger partial charge in [0.25, 0.3) is 5.89 Å². The van der Waals surface area contributed by atoms with E-state index in [1.54, 1.807) is 43.3 Å². The quantitative estimate of drug-likeness (QED) is 0.731. The fourth-order valence-electron chi connectivity index (χ4n) is 2.01. The van der Waals surface area contributed by atoms with Crippen molar-refractivity contribution in [2.75, 3.05) is 0 Å². The van der Waals surface area contributed by atoms with Crippen molar-refractivity contribution in [3.8, 4) is 23.3 Å². The highest BCUT2D eigenvalue weighted by Gasteiger charge is 2.17. The van der Waals surface area contributed by atoms with Crippen molar-refractivity contribution in [1.82, 2.24) is 10.2 Å². The van der Waals surface area contributed by atoms with Crippen LogP contribution in [0.5, 0.6) is 5.75 Å². The molecule has 0 aliphatic carbocycles. The molecular formula is C17H12FN3O2. The topological polar surface area (TPSA) is 71.9 Å². The molecule has 1 aromatic heterocycles. The van der Waals surface area contributed by atoms with Gasteiger partial charge in [-0.15, -0.1) is 10.2 Å². The third kappa shape index (κ3) is 3.19. The largest absolute Gasteiger partial charge is 0.480 e. The SMILES string of the molecule is C[C@@H](Oc1ccccc1C#N)c1nnc(-c2ccc(F)cc2)o1. The number of hydrogen-bond donors (Lipinski definition) is 0. The molecule has 0 amide bonds. The Morgan fingerprint density at radius 1 is 1.13 bits per heavy atom. The number of para-hydroxylation sites is 1. The first kappa shape index (κ1) is 14.7. The Labute approximate surface area is 132 Å². The summed E-state index contributed by atoms with van der Waals surface area (Å²) >= 11 is 0. The van der Waals surface area contributed by atoms with Gasteiger partial charge in [-0.2, -0.15) is 5.26 Å². The van der Waals surface area contributed by atoms with Gasteiger partial charge in [-0.05, 0) is 43.3 Å². The van der Waals surface area contributed by atoms with E-state index in [9.17, 15) is 4.39 Å². The van der Waals surface area contributed by atoms with Crippen molar-refractivity contribution in [3.05, 3.63) is 65.8 Å². The van der Waals surface area contributed by atoms with Gasteiger partial charge in [0.1, 0.15) is 17.6 Å². The summed E-state index contributed by atoms with van der Waals surface area (Å²) in [5.41, 5.74) is 1.05. The predicted molar refractivity (Wildman–Crippen MR) is 79.9 cm³/mol. The van der Waals surface area contributed by atoms with E-state index < -0.39 is 6.10 Å². The second kappa shape index (κ2) is 6.28. The lowest BCUT2D eigenvalue weighted by atomic mass is 10.2. The Hall–Kier alpha value is -3.20. The van der Waals surface area contributed by atoms with Crippen molar-refractivity contribution in [1.29, 1.82) is 5.26 Å². The van der Waals surface area contributed by atoms with Crippen LogP contribution in [0, 0.1) is 17.1 Å². The van der Waals surface area contributed by atoms with Crippen LogP contribution in [-0.2, 0) is 0 Å². The zero-order valence-electron chi connectivity index (χ0n) is 12.2. The molecule has 1 heterocycles. The van der Waals surface area contributed by atoms with Crippen molar-refractivity contribution in [3.63, 3.8) is 0 Å². The summed E-state index contributed by atoms with van der Waals surface area (Å²) in [6.07, 6.45) is -0.522. The van der Waals surface area contributed by atoms with E-state index >= 15 is 0 Å². The molecule has 0 spiro atoms. The summed E-state index contributed by atoms with van der Waals surface area (Å²) in [5, 5.41) is 17.0. The van der Waals surface area contributed by atoms with Crippen LogP contribution in [0.25, 0.3) is 11.5 Å². The molecule has 6 heteroatoms. The number of ether oxygens (including phenoxy) is 1. The van der Waals surface area contributed by atoms with Crippen LogP contribution in [0.1, 0.15) is 24.5 Å². The summed E-state index contributed by atoms with van der Waals surface area (Å²) in [7, 11) is 0. The lowest BCUT2D eigenvalue weighted by Crippen LogP contribution is -2.04. The van der Waals surface area contributed by atoms with Gasteiger partial charge in [0.2, 0.25) is 5.89 Å². The Bertz CT molecular complexity index is 853. The molecule has 3 rings (SSSR count). The van der Waals surface area contributed by atoms with Crippen LogP contribution < -0.4 is 4.74 Å². The fourth-order valence-corrected chi connectivity index (χ4v) is 2.01. The van der Waals surface area contributed by atoms with Gasteiger partial charge in [-0.25, -0.2) is 4.39 Å². The molecular weight excluding hydrogens is 297 g/mol. The summed E-state index contributed by atoms with van der Waals surface area (Å²) in [6.45, 7) is 1.75. The molecule has 23 heavy (non-hydrogen) atoms. The standard InChI is InChI=1S/C17H12FN3O2/c1-11(22-15-5-3-2-4-13(15)10-19)16-20-21-17(23-16)12-6-8-14(18)9-7-12/h2-9,11H,1H3/t11-/m1/s1. The number of rotatable bonds is 4. The summed E-state index contributed by atoms with van der Waals surface area (Å²) in [5.74, 6) is 0.670. The minimum atomic E-state index is -0.522. The smallest absolute Gasteiger partial charge is 0.257 e. The highest BCUT2D eigenvalue weighted by Crippen LogP contribution is 2.26. The lowest BCUT2D eigenvalue weighted by Gasteiger charge is -2.11. The van der Waals surface area contributed by atoms with Gasteiger partial charge in [0.05, 0.1) is 5.56 Å².